The molecular formula is C16H24FN3. The van der Waals surface area contributed by atoms with E-state index in [-0.39, 0.29) is 11.2 Å². The molecule has 4 heteroatoms. The van der Waals surface area contributed by atoms with E-state index in [2.05, 4.69) is 0 Å². The SMILES string of the molecule is CN(C)C(=NCC1(c2ccc(F)cc2)CCC1)N(C)C. The van der Waals surface area contributed by atoms with Gasteiger partial charge in [0.15, 0.2) is 5.96 Å². The molecule has 0 N–H and O–H groups in total. The highest BCUT2D eigenvalue weighted by molar-refractivity contribution is 5.79. The molecule has 3 nitrogen and oxygen atoms in total. The molecule has 0 aromatic heterocycles. The zero-order valence-electron chi connectivity index (χ0n) is 12.9. The van der Waals surface area contributed by atoms with E-state index in [1.54, 1.807) is 12.1 Å². The Labute approximate surface area is 121 Å². The standard InChI is InChI=1S/C16H24FN3/c1-19(2)15(20(3)4)18-12-16(10-5-11-16)13-6-8-14(17)9-7-13/h6-9H,5,10-12H2,1-4H3. The largest absolute Gasteiger partial charge is 0.349 e. The third kappa shape index (κ3) is 2.94. The van der Waals surface area contributed by atoms with Crippen LogP contribution in [0.3, 0.4) is 0 Å². The van der Waals surface area contributed by atoms with Crippen LogP contribution in [0, 0.1) is 5.82 Å². The Morgan fingerprint density at radius 2 is 1.65 bits per heavy atom. The summed E-state index contributed by atoms with van der Waals surface area (Å²) in [6, 6.07) is 6.93. The smallest absolute Gasteiger partial charge is 0.195 e. The number of hydrogen-bond donors (Lipinski definition) is 0. The fourth-order valence-electron chi connectivity index (χ4n) is 2.85. The lowest BCUT2D eigenvalue weighted by Gasteiger charge is -2.41. The topological polar surface area (TPSA) is 18.8 Å². The highest BCUT2D eigenvalue weighted by Crippen LogP contribution is 2.44. The summed E-state index contributed by atoms with van der Waals surface area (Å²) in [4.78, 5) is 8.84. The predicted octanol–water partition coefficient (Wildman–Crippen LogP) is 2.73. The van der Waals surface area contributed by atoms with Gasteiger partial charge in [-0.2, -0.15) is 0 Å². The molecule has 0 spiro atoms. The second-order valence-electron chi connectivity index (χ2n) is 6.05. The van der Waals surface area contributed by atoms with Crippen molar-refractivity contribution in [2.24, 2.45) is 4.99 Å². The molecule has 1 fully saturated rings. The van der Waals surface area contributed by atoms with E-state index >= 15 is 0 Å². The van der Waals surface area contributed by atoms with Crippen LogP contribution in [0.1, 0.15) is 24.8 Å². The van der Waals surface area contributed by atoms with Gasteiger partial charge >= 0.3 is 0 Å². The van der Waals surface area contributed by atoms with Gasteiger partial charge < -0.3 is 9.80 Å². The molecule has 0 heterocycles. The summed E-state index contributed by atoms with van der Waals surface area (Å²) < 4.78 is 13.1. The molecule has 0 aliphatic heterocycles. The van der Waals surface area contributed by atoms with Crippen molar-refractivity contribution in [1.82, 2.24) is 9.80 Å². The van der Waals surface area contributed by atoms with Crippen LogP contribution in [0.25, 0.3) is 0 Å². The van der Waals surface area contributed by atoms with Crippen molar-refractivity contribution < 1.29 is 4.39 Å². The average Bonchev–Trinajstić information content (AvgIpc) is 2.33. The molecule has 2 rings (SSSR count). The van der Waals surface area contributed by atoms with Gasteiger partial charge in [0, 0.05) is 33.6 Å². The van der Waals surface area contributed by atoms with Crippen molar-refractivity contribution in [2.45, 2.75) is 24.7 Å². The molecule has 1 aliphatic carbocycles. The molecule has 1 saturated carbocycles. The molecule has 0 saturated heterocycles. The van der Waals surface area contributed by atoms with Gasteiger partial charge in [-0.15, -0.1) is 0 Å². The number of aliphatic imine (C=N–C) groups is 1. The van der Waals surface area contributed by atoms with Crippen LogP contribution in [-0.4, -0.2) is 50.5 Å². The van der Waals surface area contributed by atoms with Gasteiger partial charge in [-0.1, -0.05) is 18.6 Å². The third-order valence-electron chi connectivity index (χ3n) is 4.09. The second-order valence-corrected chi connectivity index (χ2v) is 6.05. The maximum atomic E-state index is 13.1. The summed E-state index contributed by atoms with van der Waals surface area (Å²) in [7, 11) is 8.02. The predicted molar refractivity (Wildman–Crippen MR) is 81.6 cm³/mol. The minimum absolute atomic E-state index is 0.102. The number of nitrogens with zero attached hydrogens (tertiary/aromatic N) is 3. The van der Waals surface area contributed by atoms with Crippen molar-refractivity contribution in [2.75, 3.05) is 34.7 Å². The van der Waals surface area contributed by atoms with Crippen LogP contribution < -0.4 is 0 Å². The first kappa shape index (κ1) is 14.8. The lowest BCUT2D eigenvalue weighted by Crippen LogP contribution is -2.41. The lowest BCUT2D eigenvalue weighted by atomic mass is 9.64. The molecule has 1 aliphatic rings. The molecule has 0 amide bonds. The first-order chi connectivity index (χ1) is 9.44. The summed E-state index contributed by atoms with van der Waals surface area (Å²) in [5.41, 5.74) is 1.32. The summed E-state index contributed by atoms with van der Waals surface area (Å²) in [6.07, 6.45) is 3.50. The summed E-state index contributed by atoms with van der Waals surface area (Å²) in [5, 5.41) is 0. The van der Waals surface area contributed by atoms with Gasteiger partial charge in [0.05, 0.1) is 6.54 Å². The maximum Gasteiger partial charge on any atom is 0.195 e. The van der Waals surface area contributed by atoms with Crippen LogP contribution >= 0.6 is 0 Å². The van der Waals surface area contributed by atoms with Gasteiger partial charge in [-0.05, 0) is 30.5 Å². The minimum atomic E-state index is -0.172. The van der Waals surface area contributed by atoms with Gasteiger partial charge in [0.25, 0.3) is 0 Å². The van der Waals surface area contributed by atoms with Crippen LogP contribution in [0.5, 0.6) is 0 Å². The monoisotopic (exact) mass is 277 g/mol. The average molecular weight is 277 g/mol. The van der Waals surface area contributed by atoms with Gasteiger partial charge in [0.2, 0.25) is 0 Å². The molecule has 0 radical (unpaired) electrons. The van der Waals surface area contributed by atoms with Gasteiger partial charge in [-0.3, -0.25) is 4.99 Å². The highest BCUT2D eigenvalue weighted by atomic mass is 19.1. The van der Waals surface area contributed by atoms with Crippen molar-refractivity contribution in [3.8, 4) is 0 Å². The van der Waals surface area contributed by atoms with E-state index in [9.17, 15) is 4.39 Å². The summed E-state index contributed by atoms with van der Waals surface area (Å²) in [5.74, 6) is 0.799. The van der Waals surface area contributed by atoms with Crippen LogP contribution in [0.4, 0.5) is 4.39 Å². The second kappa shape index (κ2) is 5.81. The third-order valence-corrected chi connectivity index (χ3v) is 4.09. The van der Waals surface area contributed by atoms with Crippen LogP contribution in [0.15, 0.2) is 29.3 Å². The Bertz CT molecular complexity index is 463. The van der Waals surface area contributed by atoms with Crippen LogP contribution in [0.2, 0.25) is 0 Å². The molecule has 1 aromatic carbocycles. The van der Waals surface area contributed by atoms with Crippen LogP contribution in [-0.2, 0) is 5.41 Å². The number of guanidine groups is 1. The minimum Gasteiger partial charge on any atom is -0.349 e. The van der Waals surface area contributed by atoms with Gasteiger partial charge in [-0.25, -0.2) is 4.39 Å². The zero-order chi connectivity index (χ0) is 14.8. The van der Waals surface area contributed by atoms with E-state index in [0.717, 1.165) is 25.3 Å². The summed E-state index contributed by atoms with van der Waals surface area (Å²) >= 11 is 0. The zero-order valence-corrected chi connectivity index (χ0v) is 12.9. The quantitative estimate of drug-likeness (QED) is 0.625. The lowest BCUT2D eigenvalue weighted by molar-refractivity contribution is 0.251. The first-order valence-corrected chi connectivity index (χ1v) is 7.10. The molecule has 0 unspecified atom stereocenters. The van der Waals surface area contributed by atoms with E-state index < -0.39 is 0 Å². The Kier molecular flexibility index (Phi) is 4.31. The normalized spacial score (nSPS) is 16.2. The fourth-order valence-corrected chi connectivity index (χ4v) is 2.85. The fraction of sp³-hybridized carbons (Fsp3) is 0.562. The Balaban J connectivity index is 2.20. The number of benzene rings is 1. The van der Waals surface area contributed by atoms with Crippen molar-refractivity contribution in [1.29, 1.82) is 0 Å². The molecule has 0 atom stereocenters. The molecule has 110 valence electrons. The number of halogens is 1. The Hall–Kier alpha value is -1.58. The highest BCUT2D eigenvalue weighted by Gasteiger charge is 2.38. The van der Waals surface area contributed by atoms with E-state index in [1.807, 2.05) is 50.1 Å². The Morgan fingerprint density at radius 1 is 1.10 bits per heavy atom. The molecule has 1 aromatic rings. The van der Waals surface area contributed by atoms with Crippen molar-refractivity contribution in [3.05, 3.63) is 35.6 Å². The number of hydrogen-bond acceptors (Lipinski definition) is 1. The van der Waals surface area contributed by atoms with E-state index in [0.29, 0.717) is 0 Å². The van der Waals surface area contributed by atoms with Crippen molar-refractivity contribution in [3.63, 3.8) is 0 Å². The Morgan fingerprint density at radius 3 is 2.05 bits per heavy atom. The molecule has 20 heavy (non-hydrogen) atoms. The van der Waals surface area contributed by atoms with E-state index in [1.165, 1.54) is 12.0 Å². The molecular weight excluding hydrogens is 253 g/mol. The van der Waals surface area contributed by atoms with Crippen molar-refractivity contribution >= 4 is 5.96 Å². The summed E-state index contributed by atoms with van der Waals surface area (Å²) in [6.45, 7) is 0.768. The molecule has 0 bridgehead atoms. The first-order valence-electron chi connectivity index (χ1n) is 7.10. The maximum absolute atomic E-state index is 13.1. The van der Waals surface area contributed by atoms with E-state index in [4.69, 9.17) is 4.99 Å². The van der Waals surface area contributed by atoms with Gasteiger partial charge in [0.1, 0.15) is 5.82 Å². The number of rotatable bonds is 3.